The number of nitrogens with one attached hydrogen (secondary N) is 1. The molecule has 0 atom stereocenters. The average Bonchev–Trinajstić information content (AvgIpc) is 2.13. The summed E-state index contributed by atoms with van der Waals surface area (Å²) in [5, 5.41) is 0. The van der Waals surface area contributed by atoms with Gasteiger partial charge in [0.2, 0.25) is 0 Å². The number of ether oxygens (including phenoxy) is 2. The maximum absolute atomic E-state index is 5.28. The number of rotatable bonds is 2. The van der Waals surface area contributed by atoms with Gasteiger partial charge in [0.25, 0.3) is 0 Å². The third kappa shape index (κ3) is 1.62. The molecule has 1 aliphatic rings. The van der Waals surface area contributed by atoms with E-state index < -0.39 is 0 Å². The molecule has 0 aliphatic carbocycles. The van der Waals surface area contributed by atoms with Crippen LogP contribution in [-0.4, -0.2) is 11.3 Å². The fourth-order valence-electron chi connectivity index (χ4n) is 1.15. The minimum atomic E-state index is -0.269. The minimum absolute atomic E-state index is 0.114. The molecule has 1 fully saturated rings. The molecule has 1 aromatic rings. The Balaban J connectivity index is 2.06. The van der Waals surface area contributed by atoms with Crippen LogP contribution in [0.25, 0.3) is 0 Å². The van der Waals surface area contributed by atoms with E-state index in [0.29, 0.717) is 5.82 Å². The van der Waals surface area contributed by atoms with Crippen molar-refractivity contribution in [2.75, 3.05) is 5.43 Å². The van der Waals surface area contributed by atoms with Crippen LogP contribution in [0.2, 0.25) is 0 Å². The van der Waals surface area contributed by atoms with Crippen molar-refractivity contribution in [3.8, 4) is 0 Å². The second-order valence-corrected chi connectivity index (χ2v) is 2.79. The van der Waals surface area contributed by atoms with Crippen molar-refractivity contribution >= 4 is 5.82 Å². The van der Waals surface area contributed by atoms with Gasteiger partial charge in [-0.05, 0) is 19.1 Å². The number of hydrazine groups is 1. The molecule has 0 amide bonds. The summed E-state index contributed by atoms with van der Waals surface area (Å²) in [6.07, 6.45) is 1.29. The number of pyridine rings is 1. The summed E-state index contributed by atoms with van der Waals surface area (Å²) in [6, 6.07) is 3.63. The molecule has 70 valence electrons. The molecule has 2 heterocycles. The third-order valence-corrected chi connectivity index (χ3v) is 1.84. The minimum Gasteiger partial charge on any atom is -0.319 e. The Hall–Kier alpha value is -1.17. The Labute approximate surface area is 75.8 Å². The quantitative estimate of drug-likeness (QED) is 0.520. The van der Waals surface area contributed by atoms with Crippen molar-refractivity contribution in [2.24, 2.45) is 5.84 Å². The van der Waals surface area contributed by atoms with Gasteiger partial charge in [-0.3, -0.25) is 0 Å². The molecule has 0 unspecified atom stereocenters. The summed E-state index contributed by atoms with van der Waals surface area (Å²) in [5.74, 6) is 5.79. The highest BCUT2D eigenvalue weighted by Gasteiger charge is 2.28. The molecule has 0 bridgehead atoms. The van der Waals surface area contributed by atoms with E-state index in [1.54, 1.807) is 12.3 Å². The Morgan fingerprint density at radius 1 is 1.46 bits per heavy atom. The van der Waals surface area contributed by atoms with Crippen LogP contribution < -0.4 is 11.3 Å². The highest BCUT2D eigenvalue weighted by molar-refractivity contribution is 5.34. The first-order valence-corrected chi connectivity index (χ1v) is 4.03. The molecule has 0 radical (unpaired) electrons. The number of nitrogens with zero attached hydrogens (tertiary/aromatic N) is 1. The predicted molar refractivity (Wildman–Crippen MR) is 46.4 cm³/mol. The van der Waals surface area contributed by atoms with E-state index in [-0.39, 0.29) is 12.6 Å². The molecule has 1 aromatic heterocycles. The van der Waals surface area contributed by atoms with E-state index >= 15 is 0 Å². The van der Waals surface area contributed by atoms with Gasteiger partial charge in [0.1, 0.15) is 5.82 Å². The van der Waals surface area contributed by atoms with Gasteiger partial charge in [-0.15, -0.1) is 0 Å². The Morgan fingerprint density at radius 3 is 2.69 bits per heavy atom. The normalized spacial score (nSPS) is 26.6. The van der Waals surface area contributed by atoms with Crippen molar-refractivity contribution in [1.29, 1.82) is 0 Å². The zero-order chi connectivity index (χ0) is 9.26. The molecule has 2 rings (SSSR count). The van der Waals surface area contributed by atoms with Crippen molar-refractivity contribution in [3.05, 3.63) is 23.9 Å². The van der Waals surface area contributed by atoms with Gasteiger partial charge in [-0.1, -0.05) is 0 Å². The van der Waals surface area contributed by atoms with Gasteiger partial charge in [0.05, 0.1) is 0 Å². The first kappa shape index (κ1) is 8.43. The lowest BCUT2D eigenvalue weighted by molar-refractivity contribution is -0.382. The maximum atomic E-state index is 5.28. The molecule has 13 heavy (non-hydrogen) atoms. The Bertz CT molecular complexity index is 282. The van der Waals surface area contributed by atoms with Gasteiger partial charge in [0.15, 0.2) is 12.6 Å². The second-order valence-electron chi connectivity index (χ2n) is 2.79. The van der Waals surface area contributed by atoms with E-state index in [4.69, 9.17) is 15.3 Å². The Morgan fingerprint density at radius 2 is 2.23 bits per heavy atom. The smallest absolute Gasteiger partial charge is 0.191 e. The highest BCUT2D eigenvalue weighted by atomic mass is 16.9. The summed E-state index contributed by atoms with van der Waals surface area (Å²) in [7, 11) is 0. The van der Waals surface area contributed by atoms with Gasteiger partial charge in [-0.2, -0.15) is 0 Å². The van der Waals surface area contributed by atoms with Crippen LogP contribution in [0.4, 0.5) is 5.82 Å². The summed E-state index contributed by atoms with van der Waals surface area (Å²) in [6.45, 7) is 1.85. The lowest BCUT2D eigenvalue weighted by Crippen LogP contribution is -2.31. The molecule has 0 aromatic carbocycles. The van der Waals surface area contributed by atoms with Crippen molar-refractivity contribution in [3.63, 3.8) is 0 Å². The number of hydrogen-bond donors (Lipinski definition) is 2. The summed E-state index contributed by atoms with van der Waals surface area (Å²) in [5.41, 5.74) is 3.35. The van der Waals surface area contributed by atoms with Gasteiger partial charge in [0, 0.05) is 11.8 Å². The fraction of sp³-hybridized carbons (Fsp3) is 0.375. The monoisotopic (exact) mass is 181 g/mol. The number of aromatic nitrogens is 1. The summed E-state index contributed by atoms with van der Waals surface area (Å²) < 4.78 is 10.6. The third-order valence-electron chi connectivity index (χ3n) is 1.84. The van der Waals surface area contributed by atoms with Gasteiger partial charge >= 0.3 is 0 Å². The molecule has 0 saturated carbocycles. The van der Waals surface area contributed by atoms with E-state index in [2.05, 4.69) is 10.4 Å². The zero-order valence-electron chi connectivity index (χ0n) is 7.23. The van der Waals surface area contributed by atoms with Gasteiger partial charge in [-0.25, -0.2) is 10.8 Å². The average molecular weight is 181 g/mol. The first-order chi connectivity index (χ1) is 6.29. The molecular weight excluding hydrogens is 170 g/mol. The van der Waals surface area contributed by atoms with Crippen LogP contribution in [-0.2, 0) is 9.47 Å². The molecule has 1 aliphatic heterocycles. The second kappa shape index (κ2) is 3.29. The standard InChI is InChI=1S/C8H11N3O2/c1-5-12-8(13-5)6-2-3-7(11-9)10-4-6/h2-5,8H,9H2,1H3,(H,10,11). The molecule has 1 saturated heterocycles. The summed E-state index contributed by atoms with van der Waals surface area (Å²) in [4.78, 5) is 4.03. The number of nitrogen functional groups attached to an aromatic ring is 1. The largest absolute Gasteiger partial charge is 0.319 e. The van der Waals surface area contributed by atoms with E-state index in [1.165, 1.54) is 0 Å². The van der Waals surface area contributed by atoms with Crippen molar-refractivity contribution in [2.45, 2.75) is 19.5 Å². The van der Waals surface area contributed by atoms with Crippen molar-refractivity contribution in [1.82, 2.24) is 4.98 Å². The Kier molecular flexibility index (Phi) is 2.13. The lowest BCUT2D eigenvalue weighted by Gasteiger charge is -2.33. The van der Waals surface area contributed by atoms with Crippen LogP contribution in [0.1, 0.15) is 18.8 Å². The SMILES string of the molecule is CC1OC(c2ccc(NN)nc2)O1. The molecule has 5 nitrogen and oxygen atoms in total. The van der Waals surface area contributed by atoms with E-state index in [1.807, 2.05) is 13.0 Å². The maximum Gasteiger partial charge on any atom is 0.191 e. The number of nitrogens with two attached hydrogens (primary N) is 1. The van der Waals surface area contributed by atoms with Crippen LogP contribution in [0, 0.1) is 0 Å². The molecule has 3 N–H and O–H groups in total. The van der Waals surface area contributed by atoms with Crippen LogP contribution in [0.3, 0.4) is 0 Å². The van der Waals surface area contributed by atoms with Gasteiger partial charge < -0.3 is 14.9 Å². The molecule has 0 spiro atoms. The van der Waals surface area contributed by atoms with E-state index in [9.17, 15) is 0 Å². The molecular formula is C8H11N3O2. The van der Waals surface area contributed by atoms with Crippen LogP contribution in [0.5, 0.6) is 0 Å². The summed E-state index contributed by atoms with van der Waals surface area (Å²) >= 11 is 0. The first-order valence-electron chi connectivity index (χ1n) is 4.03. The predicted octanol–water partition coefficient (Wildman–Crippen LogP) is 0.759. The zero-order valence-corrected chi connectivity index (χ0v) is 7.23. The van der Waals surface area contributed by atoms with E-state index in [0.717, 1.165) is 5.56 Å². The topological polar surface area (TPSA) is 69.4 Å². The van der Waals surface area contributed by atoms with Crippen LogP contribution >= 0.6 is 0 Å². The fourth-order valence-corrected chi connectivity index (χ4v) is 1.15. The highest BCUT2D eigenvalue weighted by Crippen LogP contribution is 2.30. The van der Waals surface area contributed by atoms with Crippen molar-refractivity contribution < 1.29 is 9.47 Å². The van der Waals surface area contributed by atoms with Crippen LogP contribution in [0.15, 0.2) is 18.3 Å². The number of hydrogen-bond acceptors (Lipinski definition) is 5. The molecule has 5 heteroatoms. The number of anilines is 1. The lowest BCUT2D eigenvalue weighted by atomic mass is 10.2.